The fourth-order valence-electron chi connectivity index (χ4n) is 5.26. The van der Waals surface area contributed by atoms with Gasteiger partial charge in [0.25, 0.3) is 5.56 Å². The minimum absolute atomic E-state index is 0.00788. The number of tetrazole rings is 1. The largest absolute Gasteiger partial charge is 0.396 e. The van der Waals surface area contributed by atoms with Crippen molar-refractivity contribution in [1.29, 1.82) is 0 Å². The number of hydrogen-bond acceptors (Lipinski definition) is 6. The Labute approximate surface area is 195 Å². The second-order valence-corrected chi connectivity index (χ2v) is 9.44. The lowest BCUT2D eigenvalue weighted by atomic mass is 10.0. The molecule has 33 heavy (non-hydrogen) atoms. The highest BCUT2D eigenvalue weighted by atomic mass is 16.3. The molecule has 3 aromatic rings. The number of benzene rings is 1. The Morgan fingerprint density at radius 3 is 2.76 bits per heavy atom. The number of aromatic nitrogens is 5. The van der Waals surface area contributed by atoms with E-state index in [0.717, 1.165) is 53.5 Å². The summed E-state index contributed by atoms with van der Waals surface area (Å²) in [6.45, 7) is 7.53. The summed E-state index contributed by atoms with van der Waals surface area (Å²) in [6, 6.07) is 6.56. The standard InChI is InChI=1S/C25H36N6O2/c1-4-8-22(24-27-28-29-31(24)21-9-5-6-10-21)30(11-7-12-32)16-20-15-19-14-17(2)13-18(3)23(19)26-25(20)33/h13-15,21-22,32H,4-12,16H2,1-3H3,(H,26,33)/t22-/m1/s1. The first kappa shape index (κ1) is 23.6. The van der Waals surface area contributed by atoms with E-state index >= 15 is 0 Å². The Balaban J connectivity index is 1.70. The zero-order valence-electron chi connectivity index (χ0n) is 20.0. The number of aryl methyl sites for hydroxylation is 2. The molecule has 0 amide bonds. The van der Waals surface area contributed by atoms with Gasteiger partial charge in [-0.05, 0) is 73.0 Å². The van der Waals surface area contributed by atoms with Crippen LogP contribution < -0.4 is 5.56 Å². The van der Waals surface area contributed by atoms with Crippen LogP contribution in [0, 0.1) is 13.8 Å². The van der Waals surface area contributed by atoms with E-state index in [-0.39, 0.29) is 18.2 Å². The number of aliphatic hydroxyl groups excluding tert-OH is 1. The van der Waals surface area contributed by atoms with Crippen LogP contribution in [0.2, 0.25) is 0 Å². The molecule has 1 saturated carbocycles. The molecule has 0 bridgehead atoms. The van der Waals surface area contributed by atoms with E-state index < -0.39 is 0 Å². The van der Waals surface area contributed by atoms with Crippen LogP contribution in [0.1, 0.15) is 86.5 Å². The van der Waals surface area contributed by atoms with Crippen LogP contribution in [-0.2, 0) is 6.54 Å². The van der Waals surface area contributed by atoms with Crippen molar-refractivity contribution in [2.24, 2.45) is 0 Å². The van der Waals surface area contributed by atoms with E-state index in [0.29, 0.717) is 25.6 Å². The summed E-state index contributed by atoms with van der Waals surface area (Å²) in [5, 5.41) is 23.5. The smallest absolute Gasteiger partial charge is 0.252 e. The van der Waals surface area contributed by atoms with Crippen LogP contribution >= 0.6 is 0 Å². The Bertz CT molecular complexity index is 1130. The molecule has 178 valence electrons. The lowest BCUT2D eigenvalue weighted by Gasteiger charge is -2.31. The number of hydrogen-bond donors (Lipinski definition) is 2. The van der Waals surface area contributed by atoms with E-state index in [1.54, 1.807) is 0 Å². The summed E-state index contributed by atoms with van der Waals surface area (Å²) < 4.78 is 2.02. The molecule has 4 rings (SSSR count). The maximum Gasteiger partial charge on any atom is 0.252 e. The predicted molar refractivity (Wildman–Crippen MR) is 129 cm³/mol. The van der Waals surface area contributed by atoms with Crippen LogP contribution in [0.25, 0.3) is 10.9 Å². The highest BCUT2D eigenvalue weighted by Crippen LogP contribution is 2.33. The quantitative estimate of drug-likeness (QED) is 0.483. The zero-order chi connectivity index (χ0) is 23.4. The SMILES string of the molecule is CCC[C@H](c1nnnn1C1CCCC1)N(CCCO)Cc1cc2cc(C)cc(C)c2[nH]c1=O. The third-order valence-electron chi connectivity index (χ3n) is 6.84. The second-order valence-electron chi connectivity index (χ2n) is 9.44. The molecule has 0 saturated heterocycles. The van der Waals surface area contributed by atoms with Crippen molar-refractivity contribution in [1.82, 2.24) is 30.1 Å². The highest BCUT2D eigenvalue weighted by molar-refractivity contribution is 5.82. The van der Waals surface area contributed by atoms with E-state index in [9.17, 15) is 9.90 Å². The van der Waals surface area contributed by atoms with E-state index in [4.69, 9.17) is 0 Å². The van der Waals surface area contributed by atoms with Crippen molar-refractivity contribution < 1.29 is 5.11 Å². The van der Waals surface area contributed by atoms with Crippen molar-refractivity contribution in [3.05, 3.63) is 51.1 Å². The molecule has 1 aromatic carbocycles. The molecule has 0 radical (unpaired) electrons. The average molecular weight is 453 g/mol. The Hall–Kier alpha value is -2.58. The number of H-pyrrole nitrogens is 1. The summed E-state index contributed by atoms with van der Waals surface area (Å²) in [6.07, 6.45) is 7.14. The van der Waals surface area contributed by atoms with Gasteiger partial charge in [0.05, 0.1) is 17.6 Å². The van der Waals surface area contributed by atoms with Gasteiger partial charge in [-0.2, -0.15) is 0 Å². The summed E-state index contributed by atoms with van der Waals surface area (Å²) in [5.41, 5.74) is 3.81. The van der Waals surface area contributed by atoms with Crippen molar-refractivity contribution in [2.45, 2.75) is 84.3 Å². The summed E-state index contributed by atoms with van der Waals surface area (Å²) in [4.78, 5) is 18.4. The van der Waals surface area contributed by atoms with Crippen LogP contribution in [0.4, 0.5) is 0 Å². The molecule has 1 aliphatic rings. The summed E-state index contributed by atoms with van der Waals surface area (Å²) in [5.74, 6) is 0.880. The first-order valence-corrected chi connectivity index (χ1v) is 12.3. The molecule has 1 aliphatic carbocycles. The molecule has 2 heterocycles. The molecule has 0 unspecified atom stereocenters. The normalized spacial score (nSPS) is 15.7. The number of aromatic amines is 1. The van der Waals surface area contributed by atoms with Crippen molar-refractivity contribution >= 4 is 10.9 Å². The molecule has 8 heteroatoms. The molecule has 1 fully saturated rings. The molecule has 2 N–H and O–H groups in total. The van der Waals surface area contributed by atoms with Crippen molar-refractivity contribution in [2.75, 3.05) is 13.2 Å². The van der Waals surface area contributed by atoms with Gasteiger partial charge in [-0.25, -0.2) is 4.68 Å². The maximum absolute atomic E-state index is 13.0. The van der Waals surface area contributed by atoms with E-state index in [1.165, 1.54) is 18.4 Å². The van der Waals surface area contributed by atoms with Gasteiger partial charge in [-0.15, -0.1) is 5.10 Å². The molecule has 1 atom stereocenters. The molecule has 0 aliphatic heterocycles. The third kappa shape index (κ3) is 5.17. The Morgan fingerprint density at radius 1 is 1.24 bits per heavy atom. The summed E-state index contributed by atoms with van der Waals surface area (Å²) in [7, 11) is 0. The Morgan fingerprint density at radius 2 is 2.03 bits per heavy atom. The van der Waals surface area contributed by atoms with Gasteiger partial charge in [0.1, 0.15) is 0 Å². The predicted octanol–water partition coefficient (Wildman–Crippen LogP) is 3.97. The van der Waals surface area contributed by atoms with Crippen LogP contribution in [0.5, 0.6) is 0 Å². The summed E-state index contributed by atoms with van der Waals surface area (Å²) >= 11 is 0. The number of fused-ring (bicyclic) bond motifs is 1. The molecule has 8 nitrogen and oxygen atoms in total. The first-order valence-electron chi connectivity index (χ1n) is 12.3. The van der Waals surface area contributed by atoms with Gasteiger partial charge in [0.15, 0.2) is 5.82 Å². The highest BCUT2D eigenvalue weighted by Gasteiger charge is 2.30. The minimum Gasteiger partial charge on any atom is -0.396 e. The van der Waals surface area contributed by atoms with E-state index in [1.807, 2.05) is 17.7 Å². The van der Waals surface area contributed by atoms with Gasteiger partial charge < -0.3 is 10.1 Å². The number of aliphatic hydroxyl groups is 1. The van der Waals surface area contributed by atoms with E-state index in [2.05, 4.69) is 51.4 Å². The van der Waals surface area contributed by atoms with Gasteiger partial charge >= 0.3 is 0 Å². The van der Waals surface area contributed by atoms with Gasteiger partial charge in [0, 0.05) is 25.3 Å². The fraction of sp³-hybridized carbons (Fsp3) is 0.600. The number of nitrogens with zero attached hydrogens (tertiary/aromatic N) is 5. The van der Waals surface area contributed by atoms with Crippen molar-refractivity contribution in [3.8, 4) is 0 Å². The lowest BCUT2D eigenvalue weighted by Crippen LogP contribution is -2.34. The topological polar surface area (TPSA) is 99.9 Å². The average Bonchev–Trinajstić information content (AvgIpc) is 3.48. The van der Waals surface area contributed by atoms with Crippen LogP contribution in [0.15, 0.2) is 23.0 Å². The fourth-order valence-corrected chi connectivity index (χ4v) is 5.26. The minimum atomic E-state index is -0.0610. The lowest BCUT2D eigenvalue weighted by molar-refractivity contribution is 0.145. The van der Waals surface area contributed by atoms with Crippen LogP contribution in [0.3, 0.4) is 0 Å². The molecular weight excluding hydrogens is 416 g/mol. The van der Waals surface area contributed by atoms with Crippen LogP contribution in [-0.4, -0.2) is 48.3 Å². The Kier molecular flexibility index (Phi) is 7.55. The third-order valence-corrected chi connectivity index (χ3v) is 6.84. The number of nitrogens with one attached hydrogen (secondary N) is 1. The molecule has 0 spiro atoms. The molecule has 2 aromatic heterocycles. The monoisotopic (exact) mass is 452 g/mol. The van der Waals surface area contributed by atoms with Gasteiger partial charge in [-0.3, -0.25) is 9.69 Å². The maximum atomic E-state index is 13.0. The molecular formula is C25H36N6O2. The first-order chi connectivity index (χ1) is 16.0. The second kappa shape index (κ2) is 10.6. The zero-order valence-corrected chi connectivity index (χ0v) is 20.0. The van der Waals surface area contributed by atoms with Gasteiger partial charge in [0.2, 0.25) is 0 Å². The van der Waals surface area contributed by atoms with Crippen molar-refractivity contribution in [3.63, 3.8) is 0 Å². The van der Waals surface area contributed by atoms with Gasteiger partial charge in [-0.1, -0.05) is 37.8 Å². The number of pyridine rings is 1. The number of rotatable bonds is 10.